The molecule has 0 amide bonds. The van der Waals surface area contributed by atoms with E-state index >= 15 is 0 Å². The molecule has 0 bridgehead atoms. The molecule has 0 saturated heterocycles. The first kappa shape index (κ1) is 12.2. The molecule has 1 N–H and O–H groups in total. The average molecular weight is 247 g/mol. The van der Waals surface area contributed by atoms with E-state index in [0.29, 0.717) is 5.82 Å². The standard InChI is InChI=1S/C11H13N5O2/c1-7-6-8(4-5-12-7)9-13-14-15-16(9)11(2,3)10(17)18/h4-6H,1-3H3,(H,17,18). The molecule has 2 aromatic heterocycles. The third-order valence-electron chi connectivity index (χ3n) is 2.68. The second kappa shape index (κ2) is 4.17. The van der Waals surface area contributed by atoms with Crippen molar-refractivity contribution in [1.29, 1.82) is 0 Å². The SMILES string of the molecule is Cc1cc(-c2nnnn2C(C)(C)C(=O)O)ccn1. The molecule has 0 spiro atoms. The second-order valence-corrected chi connectivity index (χ2v) is 4.46. The molecular formula is C11H13N5O2. The van der Waals surface area contributed by atoms with Gasteiger partial charge < -0.3 is 5.11 Å². The summed E-state index contributed by atoms with van der Waals surface area (Å²) in [5.41, 5.74) is 0.340. The highest BCUT2D eigenvalue weighted by molar-refractivity contribution is 5.76. The van der Waals surface area contributed by atoms with E-state index in [9.17, 15) is 9.90 Å². The van der Waals surface area contributed by atoms with Gasteiger partial charge in [0, 0.05) is 17.5 Å². The molecule has 0 saturated carbocycles. The Morgan fingerprint density at radius 3 is 2.78 bits per heavy atom. The predicted octanol–water partition coefficient (Wildman–Crippen LogP) is 0.863. The lowest BCUT2D eigenvalue weighted by Crippen LogP contribution is -2.37. The van der Waals surface area contributed by atoms with Crippen LogP contribution in [-0.2, 0) is 10.3 Å². The van der Waals surface area contributed by atoms with Crippen LogP contribution in [0.4, 0.5) is 0 Å². The number of carboxylic acid groups (broad SMARTS) is 1. The van der Waals surface area contributed by atoms with Crippen LogP contribution < -0.4 is 0 Å². The minimum absolute atomic E-state index is 0.410. The Morgan fingerprint density at radius 2 is 2.17 bits per heavy atom. The molecule has 94 valence electrons. The van der Waals surface area contributed by atoms with E-state index in [4.69, 9.17) is 0 Å². The van der Waals surface area contributed by atoms with Crippen molar-refractivity contribution in [3.05, 3.63) is 24.0 Å². The zero-order valence-electron chi connectivity index (χ0n) is 10.3. The molecule has 0 atom stereocenters. The molecule has 2 rings (SSSR count). The molecule has 0 unspecified atom stereocenters. The lowest BCUT2D eigenvalue weighted by Gasteiger charge is -2.20. The summed E-state index contributed by atoms with van der Waals surface area (Å²) in [6, 6.07) is 3.55. The maximum Gasteiger partial charge on any atom is 0.331 e. The van der Waals surface area contributed by atoms with Crippen LogP contribution in [0, 0.1) is 6.92 Å². The van der Waals surface area contributed by atoms with E-state index in [1.54, 1.807) is 32.2 Å². The number of hydrogen-bond acceptors (Lipinski definition) is 5. The summed E-state index contributed by atoms with van der Waals surface area (Å²) in [6.07, 6.45) is 1.64. The predicted molar refractivity (Wildman–Crippen MR) is 62.7 cm³/mol. The first-order chi connectivity index (χ1) is 8.43. The van der Waals surface area contributed by atoms with Gasteiger partial charge in [0.1, 0.15) is 0 Å². The molecule has 0 aliphatic carbocycles. The van der Waals surface area contributed by atoms with E-state index in [0.717, 1.165) is 11.3 Å². The lowest BCUT2D eigenvalue weighted by atomic mass is 10.1. The molecule has 0 aliphatic heterocycles. The van der Waals surface area contributed by atoms with Crippen molar-refractivity contribution in [1.82, 2.24) is 25.2 Å². The third-order valence-corrected chi connectivity index (χ3v) is 2.68. The number of aromatic nitrogens is 5. The zero-order chi connectivity index (χ0) is 13.3. The van der Waals surface area contributed by atoms with Crippen molar-refractivity contribution < 1.29 is 9.90 Å². The number of aryl methyl sites for hydroxylation is 1. The van der Waals surface area contributed by atoms with Gasteiger partial charge in [0.15, 0.2) is 11.4 Å². The summed E-state index contributed by atoms with van der Waals surface area (Å²) in [7, 11) is 0. The van der Waals surface area contributed by atoms with Crippen molar-refractivity contribution in [2.75, 3.05) is 0 Å². The number of rotatable bonds is 3. The largest absolute Gasteiger partial charge is 0.479 e. The fourth-order valence-corrected chi connectivity index (χ4v) is 1.52. The van der Waals surface area contributed by atoms with Crippen LogP contribution in [0.15, 0.2) is 18.3 Å². The van der Waals surface area contributed by atoms with E-state index < -0.39 is 11.5 Å². The number of carboxylic acids is 1. The number of hydrogen-bond donors (Lipinski definition) is 1. The quantitative estimate of drug-likeness (QED) is 0.864. The molecule has 7 heteroatoms. The summed E-state index contributed by atoms with van der Waals surface area (Å²) >= 11 is 0. The Balaban J connectivity index is 2.55. The number of nitrogens with zero attached hydrogens (tertiary/aromatic N) is 5. The van der Waals surface area contributed by atoms with Gasteiger partial charge in [-0.25, -0.2) is 9.48 Å². The summed E-state index contributed by atoms with van der Waals surface area (Å²) in [4.78, 5) is 15.3. The zero-order valence-corrected chi connectivity index (χ0v) is 10.3. The molecule has 18 heavy (non-hydrogen) atoms. The van der Waals surface area contributed by atoms with Gasteiger partial charge in [-0.1, -0.05) is 0 Å². The molecule has 0 radical (unpaired) electrons. The van der Waals surface area contributed by atoms with Gasteiger partial charge in [-0.3, -0.25) is 4.98 Å². The van der Waals surface area contributed by atoms with Crippen LogP contribution in [0.5, 0.6) is 0 Å². The maximum atomic E-state index is 11.2. The molecule has 2 aromatic rings. The van der Waals surface area contributed by atoms with E-state index in [2.05, 4.69) is 20.5 Å². The highest BCUT2D eigenvalue weighted by Crippen LogP contribution is 2.22. The molecule has 0 aliphatic rings. The molecular weight excluding hydrogens is 234 g/mol. The van der Waals surface area contributed by atoms with Gasteiger partial charge in [-0.2, -0.15) is 0 Å². The van der Waals surface area contributed by atoms with Gasteiger partial charge in [-0.05, 0) is 43.3 Å². The average Bonchev–Trinajstić information content (AvgIpc) is 2.78. The van der Waals surface area contributed by atoms with E-state index in [1.807, 2.05) is 6.92 Å². The van der Waals surface area contributed by atoms with Crippen LogP contribution in [0.3, 0.4) is 0 Å². The van der Waals surface area contributed by atoms with E-state index in [1.165, 1.54) is 4.68 Å². The first-order valence-corrected chi connectivity index (χ1v) is 5.38. The molecule has 7 nitrogen and oxygen atoms in total. The van der Waals surface area contributed by atoms with Gasteiger partial charge in [-0.15, -0.1) is 5.10 Å². The third kappa shape index (κ3) is 1.94. The second-order valence-electron chi connectivity index (χ2n) is 4.46. The fourth-order valence-electron chi connectivity index (χ4n) is 1.52. The van der Waals surface area contributed by atoms with Gasteiger partial charge in [0.2, 0.25) is 0 Å². The highest BCUT2D eigenvalue weighted by atomic mass is 16.4. The van der Waals surface area contributed by atoms with Gasteiger partial charge in [0.05, 0.1) is 0 Å². The first-order valence-electron chi connectivity index (χ1n) is 5.38. The monoisotopic (exact) mass is 247 g/mol. The summed E-state index contributed by atoms with van der Waals surface area (Å²) in [5.74, 6) is -0.588. The Kier molecular flexibility index (Phi) is 2.82. The topological polar surface area (TPSA) is 93.8 Å². The normalized spacial score (nSPS) is 11.5. The number of tetrazole rings is 1. The van der Waals surface area contributed by atoms with Crippen LogP contribution in [0.1, 0.15) is 19.5 Å². The van der Waals surface area contributed by atoms with Gasteiger partial charge in [0.25, 0.3) is 0 Å². The summed E-state index contributed by atoms with van der Waals surface area (Å²) < 4.78 is 1.30. The van der Waals surface area contributed by atoms with Crippen molar-refractivity contribution in [3.8, 4) is 11.4 Å². The minimum Gasteiger partial charge on any atom is -0.479 e. The van der Waals surface area contributed by atoms with Crippen LogP contribution in [0.25, 0.3) is 11.4 Å². The molecule has 0 fully saturated rings. The maximum absolute atomic E-state index is 11.2. The number of carbonyl (C=O) groups is 1. The molecule has 0 aromatic carbocycles. The highest BCUT2D eigenvalue weighted by Gasteiger charge is 2.33. The minimum atomic E-state index is -1.21. The number of aliphatic carboxylic acids is 1. The summed E-state index contributed by atoms with van der Waals surface area (Å²) in [6.45, 7) is 4.94. The molecule has 2 heterocycles. The van der Waals surface area contributed by atoms with Crippen molar-refractivity contribution >= 4 is 5.97 Å². The Morgan fingerprint density at radius 1 is 1.44 bits per heavy atom. The van der Waals surface area contributed by atoms with Crippen molar-refractivity contribution in [2.24, 2.45) is 0 Å². The summed E-state index contributed by atoms with van der Waals surface area (Å²) in [5, 5.41) is 20.4. The van der Waals surface area contributed by atoms with Gasteiger partial charge >= 0.3 is 5.97 Å². The van der Waals surface area contributed by atoms with E-state index in [-0.39, 0.29) is 0 Å². The van der Waals surface area contributed by atoms with Crippen LogP contribution in [0.2, 0.25) is 0 Å². The lowest BCUT2D eigenvalue weighted by molar-refractivity contribution is -0.146. The Hall–Kier alpha value is -2.31. The van der Waals surface area contributed by atoms with Crippen molar-refractivity contribution in [3.63, 3.8) is 0 Å². The van der Waals surface area contributed by atoms with Crippen LogP contribution >= 0.6 is 0 Å². The Bertz CT molecular complexity index is 591. The van der Waals surface area contributed by atoms with Crippen molar-refractivity contribution in [2.45, 2.75) is 26.3 Å². The Labute approximate surface area is 103 Å². The fraction of sp³-hybridized carbons (Fsp3) is 0.364. The van der Waals surface area contributed by atoms with Crippen LogP contribution in [-0.4, -0.2) is 36.3 Å². The smallest absolute Gasteiger partial charge is 0.331 e. The number of pyridine rings is 1.